The lowest BCUT2D eigenvalue weighted by Gasteiger charge is -2.08. The van der Waals surface area contributed by atoms with Crippen LogP contribution >= 0.6 is 23.4 Å². The van der Waals surface area contributed by atoms with E-state index in [4.69, 9.17) is 21.3 Å². The van der Waals surface area contributed by atoms with Crippen molar-refractivity contribution in [2.75, 3.05) is 19.5 Å². The van der Waals surface area contributed by atoms with Crippen molar-refractivity contribution in [1.29, 1.82) is 0 Å². The minimum absolute atomic E-state index is 0.655. The normalized spacial score (nSPS) is 11.2. The van der Waals surface area contributed by atoms with Crippen LogP contribution in [0.2, 0.25) is 5.02 Å². The SMILES string of the molecule is COCCn1c(SCCc2ccccn2)nc2cc(Cl)ccc21. The van der Waals surface area contributed by atoms with Gasteiger partial charge in [0.15, 0.2) is 5.16 Å². The molecule has 0 unspecified atom stereocenters. The molecule has 0 fully saturated rings. The molecule has 0 spiro atoms. The lowest BCUT2D eigenvalue weighted by molar-refractivity contribution is 0.186. The molecule has 0 radical (unpaired) electrons. The van der Waals surface area contributed by atoms with E-state index < -0.39 is 0 Å². The van der Waals surface area contributed by atoms with Crippen molar-refractivity contribution in [3.05, 3.63) is 53.3 Å². The van der Waals surface area contributed by atoms with Crippen molar-refractivity contribution in [3.63, 3.8) is 0 Å². The van der Waals surface area contributed by atoms with Gasteiger partial charge in [-0.15, -0.1) is 0 Å². The molecule has 0 aliphatic heterocycles. The highest BCUT2D eigenvalue weighted by Crippen LogP contribution is 2.26. The van der Waals surface area contributed by atoms with Crippen molar-refractivity contribution < 1.29 is 4.74 Å². The van der Waals surface area contributed by atoms with E-state index >= 15 is 0 Å². The summed E-state index contributed by atoms with van der Waals surface area (Å²) in [6.45, 7) is 1.43. The van der Waals surface area contributed by atoms with Gasteiger partial charge in [0, 0.05) is 36.3 Å². The number of benzene rings is 1. The Morgan fingerprint density at radius 2 is 2.17 bits per heavy atom. The molecule has 2 heterocycles. The molecule has 120 valence electrons. The Hall–Kier alpha value is -1.56. The summed E-state index contributed by atoms with van der Waals surface area (Å²) in [5.74, 6) is 0.932. The molecule has 0 N–H and O–H groups in total. The highest BCUT2D eigenvalue weighted by Gasteiger charge is 2.11. The van der Waals surface area contributed by atoms with Crippen LogP contribution in [0.5, 0.6) is 0 Å². The van der Waals surface area contributed by atoms with E-state index in [-0.39, 0.29) is 0 Å². The number of ether oxygens (including phenoxy) is 1. The summed E-state index contributed by atoms with van der Waals surface area (Å²) in [6.07, 6.45) is 2.75. The average Bonchev–Trinajstić information content (AvgIpc) is 2.90. The van der Waals surface area contributed by atoms with Crippen LogP contribution in [0.15, 0.2) is 47.8 Å². The van der Waals surface area contributed by atoms with E-state index in [1.807, 2.05) is 42.6 Å². The second-order valence-electron chi connectivity index (χ2n) is 5.09. The van der Waals surface area contributed by atoms with Gasteiger partial charge in [0.1, 0.15) is 0 Å². The van der Waals surface area contributed by atoms with Crippen LogP contribution in [0.25, 0.3) is 11.0 Å². The van der Waals surface area contributed by atoms with Crippen molar-refractivity contribution >= 4 is 34.4 Å². The van der Waals surface area contributed by atoms with Crippen molar-refractivity contribution in [1.82, 2.24) is 14.5 Å². The second-order valence-corrected chi connectivity index (χ2v) is 6.59. The smallest absolute Gasteiger partial charge is 0.169 e. The fraction of sp³-hybridized carbons (Fsp3) is 0.294. The molecule has 3 aromatic rings. The van der Waals surface area contributed by atoms with Crippen molar-refractivity contribution in [3.8, 4) is 0 Å². The van der Waals surface area contributed by atoms with Crippen LogP contribution in [-0.2, 0) is 17.7 Å². The molecule has 23 heavy (non-hydrogen) atoms. The molecule has 6 heteroatoms. The quantitative estimate of drug-likeness (QED) is 0.604. The van der Waals surface area contributed by atoms with Crippen LogP contribution in [0.1, 0.15) is 5.69 Å². The monoisotopic (exact) mass is 347 g/mol. The first-order valence-electron chi connectivity index (χ1n) is 7.45. The summed E-state index contributed by atoms with van der Waals surface area (Å²) in [6, 6.07) is 11.8. The molecule has 0 saturated carbocycles. The number of methoxy groups -OCH3 is 1. The van der Waals surface area contributed by atoms with Crippen molar-refractivity contribution in [2.24, 2.45) is 0 Å². The largest absolute Gasteiger partial charge is 0.383 e. The van der Waals surface area contributed by atoms with Crippen LogP contribution in [0, 0.1) is 0 Å². The molecule has 0 saturated heterocycles. The lowest BCUT2D eigenvalue weighted by atomic mass is 10.3. The number of thioether (sulfide) groups is 1. The van der Waals surface area contributed by atoms with Gasteiger partial charge in [0.05, 0.1) is 17.6 Å². The maximum atomic E-state index is 6.08. The summed E-state index contributed by atoms with van der Waals surface area (Å²) in [5.41, 5.74) is 3.11. The highest BCUT2D eigenvalue weighted by atomic mass is 35.5. The predicted octanol–water partition coefficient (Wildman–Crippen LogP) is 4.07. The molecule has 2 aromatic heterocycles. The van der Waals surface area contributed by atoms with Gasteiger partial charge in [-0.3, -0.25) is 4.98 Å². The third-order valence-electron chi connectivity index (χ3n) is 3.51. The van der Waals surface area contributed by atoms with Gasteiger partial charge in [-0.25, -0.2) is 4.98 Å². The predicted molar refractivity (Wildman–Crippen MR) is 95.3 cm³/mol. The van der Waals surface area contributed by atoms with E-state index in [0.29, 0.717) is 11.6 Å². The summed E-state index contributed by atoms with van der Waals surface area (Å²) in [7, 11) is 1.71. The maximum absolute atomic E-state index is 6.08. The maximum Gasteiger partial charge on any atom is 0.169 e. The Morgan fingerprint density at radius 3 is 2.96 bits per heavy atom. The Bertz CT molecular complexity index is 776. The number of pyridine rings is 1. The van der Waals surface area contributed by atoms with Gasteiger partial charge >= 0.3 is 0 Å². The molecule has 0 atom stereocenters. The Balaban J connectivity index is 1.78. The molecule has 0 amide bonds. The Kier molecular flexibility index (Phi) is 5.54. The number of nitrogens with zero attached hydrogens (tertiary/aromatic N) is 3. The number of imidazole rings is 1. The lowest BCUT2D eigenvalue weighted by Crippen LogP contribution is -2.06. The zero-order valence-corrected chi connectivity index (χ0v) is 14.5. The molecule has 0 bridgehead atoms. The first-order valence-corrected chi connectivity index (χ1v) is 8.81. The molecular formula is C17H18ClN3OS. The molecule has 3 rings (SSSR count). The van der Waals surface area contributed by atoms with Gasteiger partial charge < -0.3 is 9.30 Å². The van der Waals surface area contributed by atoms with E-state index in [1.54, 1.807) is 18.9 Å². The molecule has 0 aliphatic rings. The zero-order valence-electron chi connectivity index (χ0n) is 12.9. The number of halogens is 1. The highest BCUT2D eigenvalue weighted by molar-refractivity contribution is 7.99. The van der Waals surface area contributed by atoms with Gasteiger partial charge in [0.25, 0.3) is 0 Å². The summed E-state index contributed by atoms with van der Waals surface area (Å²) in [5, 5.41) is 1.70. The number of fused-ring (bicyclic) bond motifs is 1. The fourth-order valence-electron chi connectivity index (χ4n) is 2.38. The Labute approximate surface area is 144 Å². The van der Waals surface area contributed by atoms with Gasteiger partial charge in [0.2, 0.25) is 0 Å². The standard InChI is InChI=1S/C17H18ClN3OS/c1-22-10-9-21-16-6-5-13(18)12-15(16)20-17(21)23-11-7-14-4-2-3-8-19-14/h2-6,8,12H,7,9-11H2,1H3. The first kappa shape index (κ1) is 16.3. The number of rotatable bonds is 7. The van der Waals surface area contributed by atoms with Gasteiger partial charge in [-0.2, -0.15) is 0 Å². The minimum Gasteiger partial charge on any atom is -0.383 e. The molecular weight excluding hydrogens is 330 g/mol. The fourth-order valence-corrected chi connectivity index (χ4v) is 3.55. The van der Waals surface area contributed by atoms with E-state index in [9.17, 15) is 0 Å². The molecule has 0 aliphatic carbocycles. The first-order chi connectivity index (χ1) is 11.3. The summed E-state index contributed by atoms with van der Waals surface area (Å²) < 4.78 is 7.42. The van der Waals surface area contributed by atoms with Crippen LogP contribution in [0.4, 0.5) is 0 Å². The van der Waals surface area contributed by atoms with Crippen molar-refractivity contribution in [2.45, 2.75) is 18.1 Å². The minimum atomic E-state index is 0.655. The van der Waals surface area contributed by atoms with Gasteiger partial charge in [-0.1, -0.05) is 29.4 Å². The van der Waals surface area contributed by atoms with Gasteiger partial charge in [-0.05, 0) is 36.8 Å². The van der Waals surface area contributed by atoms with E-state index in [1.165, 1.54) is 0 Å². The van der Waals surface area contributed by atoms with Crippen LogP contribution < -0.4 is 0 Å². The number of aromatic nitrogens is 3. The number of aryl methyl sites for hydroxylation is 1. The molecule has 4 nitrogen and oxygen atoms in total. The summed E-state index contributed by atoms with van der Waals surface area (Å²) in [4.78, 5) is 9.08. The second kappa shape index (κ2) is 7.81. The van der Waals surface area contributed by atoms with E-state index in [0.717, 1.165) is 40.6 Å². The number of hydrogen-bond acceptors (Lipinski definition) is 4. The number of hydrogen-bond donors (Lipinski definition) is 0. The van der Waals surface area contributed by atoms with Crippen LogP contribution in [-0.4, -0.2) is 34.0 Å². The third-order valence-corrected chi connectivity index (χ3v) is 4.72. The topological polar surface area (TPSA) is 39.9 Å². The van der Waals surface area contributed by atoms with Crippen LogP contribution in [0.3, 0.4) is 0 Å². The molecule has 1 aromatic carbocycles. The summed E-state index contributed by atoms with van der Waals surface area (Å²) >= 11 is 7.82. The zero-order chi connectivity index (χ0) is 16.1. The third kappa shape index (κ3) is 4.05. The Morgan fingerprint density at radius 1 is 1.26 bits per heavy atom. The van der Waals surface area contributed by atoms with E-state index in [2.05, 4.69) is 9.55 Å². The average molecular weight is 348 g/mol.